The number of carbonyl (C=O) groups excluding carboxylic acids is 1. The van der Waals surface area contributed by atoms with Gasteiger partial charge in [0.2, 0.25) is 0 Å². The predicted molar refractivity (Wildman–Crippen MR) is 98.0 cm³/mol. The number of aryl methyl sites for hydroxylation is 1. The Morgan fingerprint density at radius 2 is 2.12 bits per heavy atom. The zero-order valence-electron chi connectivity index (χ0n) is 14.5. The Morgan fingerprint density at radius 1 is 1.23 bits per heavy atom. The second-order valence-electron chi connectivity index (χ2n) is 7.00. The molecule has 0 N–H and O–H groups in total. The van der Waals surface area contributed by atoms with Crippen molar-refractivity contribution in [2.24, 2.45) is 0 Å². The molecular formula is C19H20N4O2S. The summed E-state index contributed by atoms with van der Waals surface area (Å²) in [5.74, 6) is 1.06. The fraction of sp³-hybridized carbons (Fsp3) is 0.368. The van der Waals surface area contributed by atoms with Crippen LogP contribution >= 0.6 is 11.3 Å². The molecule has 0 spiro atoms. The third kappa shape index (κ3) is 2.59. The van der Waals surface area contributed by atoms with Crippen LogP contribution in [-0.2, 0) is 13.1 Å². The number of amides is 1. The lowest BCUT2D eigenvalue weighted by atomic mass is 10.1. The van der Waals surface area contributed by atoms with Gasteiger partial charge in [-0.2, -0.15) is 0 Å². The molecule has 2 aliphatic heterocycles. The van der Waals surface area contributed by atoms with Gasteiger partial charge in [-0.25, -0.2) is 4.98 Å². The van der Waals surface area contributed by atoms with E-state index in [-0.39, 0.29) is 18.0 Å². The molecule has 7 heteroatoms. The summed E-state index contributed by atoms with van der Waals surface area (Å²) in [6, 6.07) is 8.24. The van der Waals surface area contributed by atoms with Gasteiger partial charge in [0.1, 0.15) is 11.5 Å². The van der Waals surface area contributed by atoms with E-state index in [0.29, 0.717) is 6.54 Å². The number of fused-ring (bicyclic) bond motifs is 3. The van der Waals surface area contributed by atoms with Crippen LogP contribution in [0.5, 0.6) is 0 Å². The van der Waals surface area contributed by atoms with Gasteiger partial charge in [0.05, 0.1) is 42.1 Å². The van der Waals surface area contributed by atoms with Crippen LogP contribution in [0, 0.1) is 6.92 Å². The van der Waals surface area contributed by atoms with Gasteiger partial charge in [0.15, 0.2) is 0 Å². The van der Waals surface area contributed by atoms with Crippen LogP contribution in [0.1, 0.15) is 33.0 Å². The van der Waals surface area contributed by atoms with Crippen LogP contribution in [0.25, 0.3) is 0 Å². The first-order valence-electron chi connectivity index (χ1n) is 8.82. The van der Waals surface area contributed by atoms with E-state index in [9.17, 15) is 4.79 Å². The average Bonchev–Trinajstić information content (AvgIpc) is 3.39. The third-order valence-electron chi connectivity index (χ3n) is 5.31. The van der Waals surface area contributed by atoms with Gasteiger partial charge >= 0.3 is 0 Å². The molecule has 1 saturated heterocycles. The maximum Gasteiger partial charge on any atom is 0.271 e. The molecule has 0 saturated carbocycles. The van der Waals surface area contributed by atoms with Crippen LogP contribution in [0.4, 0.5) is 0 Å². The van der Waals surface area contributed by atoms with E-state index < -0.39 is 0 Å². The summed E-state index contributed by atoms with van der Waals surface area (Å²) in [4.78, 5) is 22.0. The van der Waals surface area contributed by atoms with Crippen molar-refractivity contribution in [3.63, 3.8) is 0 Å². The lowest BCUT2D eigenvalue weighted by Crippen LogP contribution is -2.49. The molecule has 1 fully saturated rings. The van der Waals surface area contributed by atoms with E-state index in [1.807, 2.05) is 42.3 Å². The summed E-state index contributed by atoms with van der Waals surface area (Å²) < 4.78 is 7.66. The van der Waals surface area contributed by atoms with Crippen molar-refractivity contribution in [3.8, 4) is 0 Å². The minimum absolute atomic E-state index is 0.0988. The molecule has 1 amide bonds. The Morgan fingerprint density at radius 3 is 2.88 bits per heavy atom. The number of furan rings is 1. The fourth-order valence-corrected chi connectivity index (χ4v) is 4.79. The SMILES string of the molecule is Cc1nc(CN2C(=O)c3cccn3[C@H]3CN(Cc4ccco4)C[C@@H]32)cs1. The van der Waals surface area contributed by atoms with Gasteiger partial charge in [-0.15, -0.1) is 11.3 Å². The summed E-state index contributed by atoms with van der Waals surface area (Å²) in [6.45, 7) is 5.10. The molecule has 5 heterocycles. The van der Waals surface area contributed by atoms with Gasteiger partial charge < -0.3 is 13.9 Å². The molecule has 3 aromatic rings. The molecule has 26 heavy (non-hydrogen) atoms. The Hall–Kier alpha value is -2.38. The van der Waals surface area contributed by atoms with Crippen LogP contribution < -0.4 is 0 Å². The van der Waals surface area contributed by atoms with E-state index >= 15 is 0 Å². The van der Waals surface area contributed by atoms with Crippen LogP contribution in [0.15, 0.2) is 46.5 Å². The molecule has 0 bridgehead atoms. The van der Waals surface area contributed by atoms with Gasteiger partial charge in [0.25, 0.3) is 5.91 Å². The van der Waals surface area contributed by atoms with Gasteiger partial charge in [0, 0.05) is 24.7 Å². The largest absolute Gasteiger partial charge is 0.468 e. The second-order valence-corrected chi connectivity index (χ2v) is 8.06. The highest BCUT2D eigenvalue weighted by Crippen LogP contribution is 2.35. The Bertz CT molecular complexity index is 929. The minimum atomic E-state index is 0.0988. The molecule has 0 radical (unpaired) electrons. The number of likely N-dealkylation sites (tertiary alicyclic amines) is 1. The third-order valence-corrected chi connectivity index (χ3v) is 6.13. The van der Waals surface area contributed by atoms with Crippen molar-refractivity contribution >= 4 is 17.2 Å². The predicted octanol–water partition coefficient (Wildman–Crippen LogP) is 2.93. The Balaban J connectivity index is 1.45. The molecular weight excluding hydrogens is 348 g/mol. The maximum absolute atomic E-state index is 13.1. The van der Waals surface area contributed by atoms with Crippen molar-refractivity contribution in [1.29, 1.82) is 0 Å². The highest BCUT2D eigenvalue weighted by Gasteiger charge is 2.45. The lowest BCUT2D eigenvalue weighted by molar-refractivity contribution is 0.0553. The molecule has 134 valence electrons. The highest BCUT2D eigenvalue weighted by molar-refractivity contribution is 7.09. The fourth-order valence-electron chi connectivity index (χ4n) is 4.19. The zero-order chi connectivity index (χ0) is 17.7. The first-order valence-corrected chi connectivity index (χ1v) is 9.70. The van der Waals surface area contributed by atoms with Crippen molar-refractivity contribution in [1.82, 2.24) is 19.4 Å². The zero-order valence-corrected chi connectivity index (χ0v) is 15.4. The number of aromatic nitrogens is 2. The number of carbonyl (C=O) groups is 1. The number of hydrogen-bond acceptors (Lipinski definition) is 5. The number of thiazole rings is 1. The summed E-state index contributed by atoms with van der Waals surface area (Å²) in [5, 5.41) is 3.09. The topological polar surface area (TPSA) is 54.5 Å². The van der Waals surface area contributed by atoms with Gasteiger partial charge in [-0.3, -0.25) is 9.69 Å². The monoisotopic (exact) mass is 368 g/mol. The normalized spacial score (nSPS) is 22.7. The van der Waals surface area contributed by atoms with E-state index in [1.54, 1.807) is 17.6 Å². The average molecular weight is 368 g/mol. The number of nitrogens with zero attached hydrogens (tertiary/aromatic N) is 4. The Kier molecular flexibility index (Phi) is 3.72. The molecule has 2 atom stereocenters. The highest BCUT2D eigenvalue weighted by atomic mass is 32.1. The summed E-state index contributed by atoms with van der Waals surface area (Å²) in [5.41, 5.74) is 1.75. The van der Waals surface area contributed by atoms with Gasteiger partial charge in [-0.05, 0) is 31.2 Å². The summed E-state index contributed by atoms with van der Waals surface area (Å²) in [7, 11) is 0. The molecule has 2 aliphatic rings. The van der Waals surface area contributed by atoms with E-state index in [0.717, 1.165) is 41.8 Å². The molecule has 5 rings (SSSR count). The minimum Gasteiger partial charge on any atom is -0.468 e. The van der Waals surface area contributed by atoms with Crippen LogP contribution in [0.2, 0.25) is 0 Å². The summed E-state index contributed by atoms with van der Waals surface area (Å²) in [6.07, 6.45) is 3.74. The molecule has 0 unspecified atom stereocenters. The van der Waals surface area contributed by atoms with E-state index in [2.05, 4.69) is 19.8 Å². The molecule has 6 nitrogen and oxygen atoms in total. The van der Waals surface area contributed by atoms with Crippen LogP contribution in [0.3, 0.4) is 0 Å². The molecule has 3 aromatic heterocycles. The van der Waals surface area contributed by atoms with E-state index in [4.69, 9.17) is 4.42 Å². The van der Waals surface area contributed by atoms with Crippen molar-refractivity contribution in [2.45, 2.75) is 32.1 Å². The number of rotatable bonds is 4. The molecule has 0 aliphatic carbocycles. The lowest BCUT2D eigenvalue weighted by Gasteiger charge is -2.38. The van der Waals surface area contributed by atoms with Crippen molar-refractivity contribution in [2.75, 3.05) is 13.1 Å². The maximum atomic E-state index is 13.1. The van der Waals surface area contributed by atoms with Crippen molar-refractivity contribution < 1.29 is 9.21 Å². The van der Waals surface area contributed by atoms with E-state index in [1.165, 1.54) is 0 Å². The van der Waals surface area contributed by atoms with Gasteiger partial charge in [-0.1, -0.05) is 0 Å². The quantitative estimate of drug-likeness (QED) is 0.711. The van der Waals surface area contributed by atoms with Crippen molar-refractivity contribution in [3.05, 3.63) is 64.3 Å². The Labute approximate surface area is 155 Å². The number of hydrogen-bond donors (Lipinski definition) is 0. The second kappa shape index (κ2) is 6.10. The smallest absolute Gasteiger partial charge is 0.271 e. The first-order chi connectivity index (χ1) is 12.7. The van der Waals surface area contributed by atoms with Crippen LogP contribution in [-0.4, -0.2) is 44.4 Å². The summed E-state index contributed by atoms with van der Waals surface area (Å²) >= 11 is 1.63. The standard InChI is InChI=1S/C19H20N4O2S/c1-13-20-14(12-26-13)8-23-18-11-21(9-15-4-3-7-25-15)10-17(18)22-6-2-5-16(22)19(23)24/h2-7,12,17-18H,8-11H2,1H3/t17-,18-/m0/s1. The molecule has 0 aromatic carbocycles. The first kappa shape index (κ1) is 15.8.